The van der Waals surface area contributed by atoms with Gasteiger partial charge in [0.25, 0.3) is 0 Å². The van der Waals surface area contributed by atoms with Crippen LogP contribution in [0.4, 0.5) is 0 Å². The molecule has 0 rings (SSSR count). The van der Waals surface area contributed by atoms with Crippen LogP contribution in [0.1, 0.15) is 162 Å². The molecule has 3 nitrogen and oxygen atoms in total. The SMILES string of the molecule is CCCCCCCCCCCC(=O)C(CCNCCC)C(=O)CCCCCCCCCCC. The topological polar surface area (TPSA) is 46.2 Å². The maximum absolute atomic E-state index is 12.9. The first-order valence-corrected chi connectivity index (χ1v) is 14.9. The van der Waals surface area contributed by atoms with Gasteiger partial charge in [0.05, 0.1) is 5.92 Å². The number of ketones is 2. The Balaban J connectivity index is 4.10. The van der Waals surface area contributed by atoms with Gasteiger partial charge in [0.1, 0.15) is 11.6 Å². The molecule has 0 fully saturated rings. The van der Waals surface area contributed by atoms with Crippen molar-refractivity contribution < 1.29 is 9.59 Å². The van der Waals surface area contributed by atoms with Gasteiger partial charge in [-0.2, -0.15) is 0 Å². The predicted molar refractivity (Wildman–Crippen MR) is 145 cm³/mol. The summed E-state index contributed by atoms with van der Waals surface area (Å²) >= 11 is 0. The van der Waals surface area contributed by atoms with Gasteiger partial charge in [0, 0.05) is 12.8 Å². The van der Waals surface area contributed by atoms with Gasteiger partial charge in [-0.25, -0.2) is 0 Å². The average Bonchev–Trinajstić information content (AvgIpc) is 2.81. The van der Waals surface area contributed by atoms with Crippen molar-refractivity contribution in [2.45, 2.75) is 162 Å². The number of nitrogens with one attached hydrogen (secondary N) is 1. The summed E-state index contributed by atoms with van der Waals surface area (Å²) in [4.78, 5) is 25.7. The van der Waals surface area contributed by atoms with Gasteiger partial charge in [-0.15, -0.1) is 0 Å². The first kappa shape index (κ1) is 32.3. The smallest absolute Gasteiger partial charge is 0.143 e. The number of hydrogen-bond acceptors (Lipinski definition) is 3. The van der Waals surface area contributed by atoms with Crippen molar-refractivity contribution in [2.24, 2.45) is 5.92 Å². The Morgan fingerprint density at radius 3 is 1.21 bits per heavy atom. The lowest BCUT2D eigenvalue weighted by atomic mass is 9.89. The molecule has 0 aromatic heterocycles. The lowest BCUT2D eigenvalue weighted by Crippen LogP contribution is -2.29. The van der Waals surface area contributed by atoms with Crippen LogP contribution in [0.5, 0.6) is 0 Å². The van der Waals surface area contributed by atoms with Crippen molar-refractivity contribution >= 4 is 11.6 Å². The highest BCUT2D eigenvalue weighted by atomic mass is 16.1. The highest BCUT2D eigenvalue weighted by Crippen LogP contribution is 2.18. The molecule has 33 heavy (non-hydrogen) atoms. The Morgan fingerprint density at radius 2 is 0.848 bits per heavy atom. The molecule has 0 radical (unpaired) electrons. The molecule has 0 aromatic rings. The second kappa shape index (κ2) is 25.9. The third-order valence-corrected chi connectivity index (χ3v) is 6.87. The first-order chi connectivity index (χ1) is 16.2. The zero-order valence-corrected chi connectivity index (χ0v) is 22.9. The summed E-state index contributed by atoms with van der Waals surface area (Å²) in [7, 11) is 0. The maximum Gasteiger partial charge on any atom is 0.143 e. The summed E-state index contributed by atoms with van der Waals surface area (Å²) in [5, 5.41) is 3.38. The van der Waals surface area contributed by atoms with Gasteiger partial charge in [-0.05, 0) is 38.8 Å². The summed E-state index contributed by atoms with van der Waals surface area (Å²) in [6, 6.07) is 0. The van der Waals surface area contributed by atoms with Crippen LogP contribution in [0.25, 0.3) is 0 Å². The third-order valence-electron chi connectivity index (χ3n) is 6.87. The fourth-order valence-corrected chi connectivity index (χ4v) is 4.62. The van der Waals surface area contributed by atoms with E-state index in [1.165, 1.54) is 89.9 Å². The second-order valence-electron chi connectivity index (χ2n) is 10.2. The van der Waals surface area contributed by atoms with E-state index in [9.17, 15) is 9.59 Å². The van der Waals surface area contributed by atoms with Crippen molar-refractivity contribution in [1.29, 1.82) is 0 Å². The van der Waals surface area contributed by atoms with Crippen molar-refractivity contribution in [1.82, 2.24) is 5.32 Å². The van der Waals surface area contributed by atoms with E-state index in [-0.39, 0.29) is 17.5 Å². The van der Waals surface area contributed by atoms with Gasteiger partial charge in [0.15, 0.2) is 0 Å². The lowest BCUT2D eigenvalue weighted by molar-refractivity contribution is -0.133. The van der Waals surface area contributed by atoms with Crippen molar-refractivity contribution in [2.75, 3.05) is 13.1 Å². The predicted octanol–water partition coefficient (Wildman–Crippen LogP) is 8.97. The molecular formula is C30H59NO2. The fraction of sp³-hybridized carbons (Fsp3) is 0.933. The fourth-order valence-electron chi connectivity index (χ4n) is 4.62. The number of carbonyl (C=O) groups excluding carboxylic acids is 2. The van der Waals surface area contributed by atoms with Crippen LogP contribution in [0, 0.1) is 5.92 Å². The Kier molecular flexibility index (Phi) is 25.4. The molecule has 196 valence electrons. The van der Waals surface area contributed by atoms with Gasteiger partial charge < -0.3 is 5.32 Å². The molecule has 0 aliphatic heterocycles. The molecule has 0 aliphatic rings. The van der Waals surface area contributed by atoms with Crippen LogP contribution in [-0.2, 0) is 9.59 Å². The maximum atomic E-state index is 12.9. The molecule has 0 atom stereocenters. The summed E-state index contributed by atoms with van der Waals surface area (Å²) < 4.78 is 0. The van der Waals surface area contributed by atoms with E-state index in [2.05, 4.69) is 26.1 Å². The highest BCUT2D eigenvalue weighted by Gasteiger charge is 2.24. The van der Waals surface area contributed by atoms with Crippen LogP contribution in [0.3, 0.4) is 0 Å². The van der Waals surface area contributed by atoms with E-state index >= 15 is 0 Å². The van der Waals surface area contributed by atoms with Gasteiger partial charge >= 0.3 is 0 Å². The zero-order chi connectivity index (χ0) is 24.4. The standard InChI is InChI=1S/C30H59NO2/c1-4-7-9-11-13-15-17-19-21-23-29(32)28(25-27-31-26-6-3)30(33)24-22-20-18-16-14-12-10-8-5-2/h28,31H,4-27H2,1-3H3. The van der Waals surface area contributed by atoms with Gasteiger partial charge in [-0.3, -0.25) is 9.59 Å². The normalized spacial score (nSPS) is 11.4. The number of rotatable bonds is 27. The molecule has 1 N–H and O–H groups in total. The number of unbranched alkanes of at least 4 members (excludes halogenated alkanes) is 16. The minimum absolute atomic E-state index is 0.206. The monoisotopic (exact) mass is 465 g/mol. The molecule has 0 aromatic carbocycles. The van der Waals surface area contributed by atoms with Crippen LogP contribution in [0.15, 0.2) is 0 Å². The summed E-state index contributed by atoms with van der Waals surface area (Å²) in [5.41, 5.74) is 0. The number of Topliss-reactive ketones (excluding diaryl/α,β-unsaturated/α-hetero) is 2. The molecular weight excluding hydrogens is 406 g/mol. The van der Waals surface area contributed by atoms with Crippen molar-refractivity contribution in [3.8, 4) is 0 Å². The van der Waals surface area contributed by atoms with Crippen molar-refractivity contribution in [3.63, 3.8) is 0 Å². The molecule has 0 unspecified atom stereocenters. The number of hydrogen-bond donors (Lipinski definition) is 1. The largest absolute Gasteiger partial charge is 0.317 e. The lowest BCUT2D eigenvalue weighted by Gasteiger charge is -2.15. The van der Waals surface area contributed by atoms with Crippen LogP contribution in [0.2, 0.25) is 0 Å². The Morgan fingerprint density at radius 1 is 0.485 bits per heavy atom. The molecule has 0 heterocycles. The van der Waals surface area contributed by atoms with E-state index in [1.807, 2.05) is 0 Å². The van der Waals surface area contributed by atoms with Crippen LogP contribution >= 0.6 is 0 Å². The van der Waals surface area contributed by atoms with E-state index in [1.54, 1.807) is 0 Å². The van der Waals surface area contributed by atoms with Gasteiger partial charge in [0.2, 0.25) is 0 Å². The number of carbonyl (C=O) groups is 2. The van der Waals surface area contributed by atoms with E-state index in [4.69, 9.17) is 0 Å². The molecule has 0 amide bonds. The van der Waals surface area contributed by atoms with Crippen LogP contribution < -0.4 is 5.32 Å². The molecule has 0 saturated heterocycles. The van der Waals surface area contributed by atoms with E-state index in [0.29, 0.717) is 19.3 Å². The minimum atomic E-state index is -0.363. The molecule has 3 heteroatoms. The summed E-state index contributed by atoms with van der Waals surface area (Å²) in [6.07, 6.45) is 25.6. The zero-order valence-electron chi connectivity index (χ0n) is 22.9. The van der Waals surface area contributed by atoms with Crippen molar-refractivity contribution in [3.05, 3.63) is 0 Å². The Hall–Kier alpha value is -0.700. The quantitative estimate of drug-likeness (QED) is 0.0972. The molecule has 0 bridgehead atoms. The summed E-state index contributed by atoms with van der Waals surface area (Å²) in [6.45, 7) is 8.41. The molecule has 0 saturated carbocycles. The first-order valence-electron chi connectivity index (χ1n) is 14.9. The van der Waals surface area contributed by atoms with Gasteiger partial charge in [-0.1, -0.05) is 124 Å². The van der Waals surface area contributed by atoms with E-state index < -0.39 is 0 Å². The average molecular weight is 466 g/mol. The van der Waals surface area contributed by atoms with E-state index in [0.717, 1.165) is 45.2 Å². The molecule has 0 spiro atoms. The molecule has 0 aliphatic carbocycles. The second-order valence-corrected chi connectivity index (χ2v) is 10.2. The third kappa shape index (κ3) is 21.6. The summed E-state index contributed by atoms with van der Waals surface area (Å²) in [5.74, 6) is 0.0479. The highest BCUT2D eigenvalue weighted by molar-refractivity contribution is 6.02. The minimum Gasteiger partial charge on any atom is -0.317 e. The Labute approximate surface area is 207 Å². The Bertz CT molecular complexity index is 401. The van der Waals surface area contributed by atoms with Crippen LogP contribution in [-0.4, -0.2) is 24.7 Å².